The molecule has 2 aromatic carbocycles. The predicted octanol–water partition coefficient (Wildman–Crippen LogP) is 3.25. The summed E-state index contributed by atoms with van der Waals surface area (Å²) in [6.45, 7) is 1.47. The summed E-state index contributed by atoms with van der Waals surface area (Å²) in [6, 6.07) is 13.8. The summed E-state index contributed by atoms with van der Waals surface area (Å²) in [5.74, 6) is 0. The van der Waals surface area contributed by atoms with E-state index in [1.54, 1.807) is 12.5 Å². The zero-order valence-corrected chi connectivity index (χ0v) is 12.2. The molecule has 2 N–H and O–H groups in total. The smallest absolute Gasteiger partial charge is 0.319 e. The molecule has 0 saturated carbocycles. The summed E-state index contributed by atoms with van der Waals surface area (Å²) >= 11 is 0. The number of benzene rings is 2. The first-order chi connectivity index (χ1) is 10.8. The lowest BCUT2D eigenvalue weighted by Crippen LogP contribution is -2.30. The van der Waals surface area contributed by atoms with Crippen molar-refractivity contribution in [3.05, 3.63) is 61.2 Å². The van der Waals surface area contributed by atoms with Crippen molar-refractivity contribution in [2.45, 2.75) is 13.0 Å². The lowest BCUT2D eigenvalue weighted by atomic mass is 10.1. The molecule has 3 rings (SSSR count). The van der Waals surface area contributed by atoms with Crippen LogP contribution in [0, 0.1) is 0 Å². The first-order valence-electron chi connectivity index (χ1n) is 7.31. The van der Waals surface area contributed by atoms with E-state index in [0.717, 1.165) is 29.4 Å². The molecule has 0 atom stereocenters. The number of fused-ring (bicyclic) bond motifs is 1. The predicted molar refractivity (Wildman–Crippen MR) is 87.8 cm³/mol. The Morgan fingerprint density at radius 2 is 2.00 bits per heavy atom. The fourth-order valence-corrected chi connectivity index (χ4v) is 2.32. The van der Waals surface area contributed by atoms with E-state index in [1.165, 1.54) is 0 Å². The number of nitrogens with zero attached hydrogens (tertiary/aromatic N) is 2. The van der Waals surface area contributed by atoms with Crippen molar-refractivity contribution in [3.8, 4) is 0 Å². The number of nitrogens with one attached hydrogen (secondary N) is 2. The van der Waals surface area contributed by atoms with Gasteiger partial charge in [0.15, 0.2) is 0 Å². The van der Waals surface area contributed by atoms with Crippen molar-refractivity contribution < 1.29 is 4.79 Å². The highest BCUT2D eigenvalue weighted by atomic mass is 16.2. The molecular weight excluding hydrogens is 276 g/mol. The maximum Gasteiger partial charge on any atom is 0.319 e. The highest BCUT2D eigenvalue weighted by Crippen LogP contribution is 2.18. The minimum Gasteiger partial charge on any atom is -0.338 e. The average molecular weight is 294 g/mol. The second-order valence-corrected chi connectivity index (χ2v) is 5.10. The lowest BCUT2D eigenvalue weighted by molar-refractivity contribution is 0.252. The van der Waals surface area contributed by atoms with Gasteiger partial charge in [0.25, 0.3) is 0 Å². The number of carbonyl (C=O) groups is 1. The van der Waals surface area contributed by atoms with Gasteiger partial charge in [0.2, 0.25) is 0 Å². The molecule has 0 spiro atoms. The third-order valence-electron chi connectivity index (χ3n) is 3.45. The first kappa shape index (κ1) is 14.1. The molecule has 5 heteroatoms. The van der Waals surface area contributed by atoms with E-state index in [-0.39, 0.29) is 6.03 Å². The van der Waals surface area contributed by atoms with Gasteiger partial charge >= 0.3 is 6.03 Å². The number of hydrogen-bond donors (Lipinski definition) is 2. The first-order valence-corrected chi connectivity index (χ1v) is 7.31. The largest absolute Gasteiger partial charge is 0.338 e. The SMILES string of the molecule is O=C(NCCCn1ccnc1)Nc1ccc2ccccc2c1. The van der Waals surface area contributed by atoms with Gasteiger partial charge in [-0.05, 0) is 29.3 Å². The molecular formula is C17H18N4O. The van der Waals surface area contributed by atoms with E-state index in [9.17, 15) is 4.79 Å². The van der Waals surface area contributed by atoms with Gasteiger partial charge in [-0.3, -0.25) is 0 Å². The van der Waals surface area contributed by atoms with E-state index in [4.69, 9.17) is 0 Å². The summed E-state index contributed by atoms with van der Waals surface area (Å²) in [5.41, 5.74) is 0.797. The summed E-state index contributed by atoms with van der Waals surface area (Å²) < 4.78 is 1.99. The lowest BCUT2D eigenvalue weighted by Gasteiger charge is -2.08. The quantitative estimate of drug-likeness (QED) is 0.710. The number of carbonyl (C=O) groups excluding carboxylic acids is 1. The molecule has 0 unspecified atom stereocenters. The summed E-state index contributed by atoms with van der Waals surface area (Å²) in [6.07, 6.45) is 6.30. The van der Waals surface area contributed by atoms with Crippen molar-refractivity contribution >= 4 is 22.5 Å². The van der Waals surface area contributed by atoms with Crippen LogP contribution in [0.4, 0.5) is 10.5 Å². The van der Waals surface area contributed by atoms with Crippen LogP contribution in [0.15, 0.2) is 61.2 Å². The summed E-state index contributed by atoms with van der Waals surface area (Å²) in [4.78, 5) is 15.8. The van der Waals surface area contributed by atoms with Crippen molar-refractivity contribution in [2.75, 3.05) is 11.9 Å². The van der Waals surface area contributed by atoms with Gasteiger partial charge in [-0.15, -0.1) is 0 Å². The normalized spacial score (nSPS) is 10.5. The van der Waals surface area contributed by atoms with Gasteiger partial charge in [-0.2, -0.15) is 0 Å². The highest BCUT2D eigenvalue weighted by Gasteiger charge is 2.02. The van der Waals surface area contributed by atoms with Crippen LogP contribution in [0.2, 0.25) is 0 Å². The fraction of sp³-hybridized carbons (Fsp3) is 0.176. The van der Waals surface area contributed by atoms with Crippen molar-refractivity contribution in [3.63, 3.8) is 0 Å². The standard InChI is InChI=1S/C17H18N4O/c22-17(19-8-3-10-21-11-9-18-13-21)20-16-7-6-14-4-1-2-5-15(14)12-16/h1-2,4-7,9,11-13H,3,8,10H2,(H2,19,20,22). The third-order valence-corrected chi connectivity index (χ3v) is 3.45. The Bertz CT molecular complexity index is 752. The molecule has 5 nitrogen and oxygen atoms in total. The molecule has 112 valence electrons. The zero-order valence-electron chi connectivity index (χ0n) is 12.2. The van der Waals surface area contributed by atoms with Crippen LogP contribution in [-0.2, 0) is 6.54 Å². The molecule has 2 amide bonds. The molecule has 0 aliphatic heterocycles. The van der Waals surface area contributed by atoms with E-state index >= 15 is 0 Å². The van der Waals surface area contributed by atoms with Gasteiger partial charge in [0.05, 0.1) is 6.33 Å². The van der Waals surface area contributed by atoms with Crippen LogP contribution >= 0.6 is 0 Å². The Hall–Kier alpha value is -2.82. The highest BCUT2D eigenvalue weighted by molar-refractivity contribution is 5.93. The minimum atomic E-state index is -0.180. The van der Waals surface area contributed by atoms with E-state index in [0.29, 0.717) is 6.54 Å². The molecule has 0 fully saturated rings. The van der Waals surface area contributed by atoms with E-state index in [1.807, 2.05) is 47.2 Å². The monoisotopic (exact) mass is 294 g/mol. The molecule has 0 aliphatic rings. The Balaban J connectivity index is 1.48. The molecule has 0 saturated heterocycles. The number of anilines is 1. The summed E-state index contributed by atoms with van der Waals surface area (Å²) in [5, 5.41) is 7.99. The average Bonchev–Trinajstić information content (AvgIpc) is 3.05. The number of aryl methyl sites for hydroxylation is 1. The van der Waals surface area contributed by atoms with Crippen molar-refractivity contribution in [1.29, 1.82) is 0 Å². The van der Waals surface area contributed by atoms with Crippen LogP contribution in [0.3, 0.4) is 0 Å². The maximum atomic E-state index is 11.9. The molecule has 1 aromatic heterocycles. The minimum absolute atomic E-state index is 0.180. The van der Waals surface area contributed by atoms with Crippen LogP contribution in [0.25, 0.3) is 10.8 Å². The number of rotatable bonds is 5. The number of amides is 2. The zero-order chi connectivity index (χ0) is 15.2. The van der Waals surface area contributed by atoms with Gasteiger partial charge in [0, 0.05) is 31.2 Å². The van der Waals surface area contributed by atoms with Gasteiger partial charge in [0.1, 0.15) is 0 Å². The Kier molecular flexibility index (Phi) is 4.34. The number of urea groups is 1. The van der Waals surface area contributed by atoms with E-state index in [2.05, 4.69) is 21.7 Å². The molecule has 1 heterocycles. The summed E-state index contributed by atoms with van der Waals surface area (Å²) in [7, 11) is 0. The van der Waals surface area contributed by atoms with Crippen LogP contribution in [0.1, 0.15) is 6.42 Å². The third kappa shape index (κ3) is 3.63. The number of imidazole rings is 1. The number of hydrogen-bond acceptors (Lipinski definition) is 2. The molecule has 22 heavy (non-hydrogen) atoms. The van der Waals surface area contributed by atoms with Crippen LogP contribution in [0.5, 0.6) is 0 Å². The van der Waals surface area contributed by atoms with Gasteiger partial charge in [-0.1, -0.05) is 30.3 Å². The topological polar surface area (TPSA) is 59.0 Å². The van der Waals surface area contributed by atoms with E-state index < -0.39 is 0 Å². The molecule has 0 bridgehead atoms. The maximum absolute atomic E-state index is 11.9. The van der Waals surface area contributed by atoms with Crippen molar-refractivity contribution in [2.24, 2.45) is 0 Å². The number of aromatic nitrogens is 2. The molecule has 0 aliphatic carbocycles. The molecule has 3 aromatic rings. The van der Waals surface area contributed by atoms with Crippen molar-refractivity contribution in [1.82, 2.24) is 14.9 Å². The molecule has 0 radical (unpaired) electrons. The van der Waals surface area contributed by atoms with Crippen LogP contribution < -0.4 is 10.6 Å². The Morgan fingerprint density at radius 3 is 2.82 bits per heavy atom. The Morgan fingerprint density at radius 1 is 1.14 bits per heavy atom. The second-order valence-electron chi connectivity index (χ2n) is 5.10. The Labute approximate surface area is 129 Å². The van der Waals surface area contributed by atoms with Gasteiger partial charge < -0.3 is 15.2 Å². The van der Waals surface area contributed by atoms with Crippen LogP contribution in [-0.4, -0.2) is 22.1 Å². The second kappa shape index (κ2) is 6.76. The fourth-order valence-electron chi connectivity index (χ4n) is 2.32. The van der Waals surface area contributed by atoms with Gasteiger partial charge in [-0.25, -0.2) is 9.78 Å².